The van der Waals surface area contributed by atoms with Crippen molar-refractivity contribution in [3.63, 3.8) is 0 Å². The van der Waals surface area contributed by atoms with Crippen LogP contribution in [-0.4, -0.2) is 29.0 Å². The molecule has 6 nitrogen and oxygen atoms in total. The third-order valence-electron chi connectivity index (χ3n) is 3.44. The van der Waals surface area contributed by atoms with Crippen molar-refractivity contribution in [2.45, 2.75) is 13.3 Å². The van der Waals surface area contributed by atoms with Crippen LogP contribution in [0.1, 0.15) is 12.2 Å². The molecule has 22 heavy (non-hydrogen) atoms. The van der Waals surface area contributed by atoms with Gasteiger partial charge in [-0.25, -0.2) is 0 Å². The molecule has 0 bridgehead atoms. The zero-order valence-electron chi connectivity index (χ0n) is 12.7. The number of aromatic nitrogens is 3. The Kier molecular flexibility index (Phi) is 3.82. The molecule has 2 aromatic rings. The van der Waals surface area contributed by atoms with Gasteiger partial charge < -0.3 is 13.9 Å². The summed E-state index contributed by atoms with van der Waals surface area (Å²) >= 11 is 0. The lowest BCUT2D eigenvalue weighted by Crippen LogP contribution is -2.04. The lowest BCUT2D eigenvalue weighted by molar-refractivity contribution is 0.281. The Hall–Kier alpha value is -2.76. The second-order valence-corrected chi connectivity index (χ2v) is 4.82. The van der Waals surface area contributed by atoms with Crippen molar-refractivity contribution in [1.29, 1.82) is 0 Å². The number of methoxy groups -OCH3 is 2. The van der Waals surface area contributed by atoms with Crippen molar-refractivity contribution in [3.8, 4) is 11.6 Å². The van der Waals surface area contributed by atoms with Crippen LogP contribution in [0.2, 0.25) is 0 Å². The van der Waals surface area contributed by atoms with Crippen molar-refractivity contribution in [2.24, 2.45) is 0 Å². The quantitative estimate of drug-likeness (QED) is 0.867. The Morgan fingerprint density at radius 2 is 2.09 bits per heavy atom. The largest absolute Gasteiger partial charge is 0.501 e. The first kappa shape index (κ1) is 14.2. The molecule has 0 atom stereocenters. The van der Waals surface area contributed by atoms with E-state index in [2.05, 4.69) is 10.2 Å². The first-order valence-electron chi connectivity index (χ1n) is 6.88. The van der Waals surface area contributed by atoms with E-state index in [0.29, 0.717) is 18.0 Å². The standard InChI is InChI=1S/C16H17N3O3/c1-11-7-8-15(22-11)16-18-17-10-19(16)13-9-12(20-2)5-4-6-14(13)21-3/h4-8,10H,9H2,1-3H3. The van der Waals surface area contributed by atoms with Gasteiger partial charge in [0.1, 0.15) is 23.6 Å². The Bertz CT molecular complexity index is 765. The fourth-order valence-corrected chi connectivity index (χ4v) is 2.34. The van der Waals surface area contributed by atoms with E-state index in [0.717, 1.165) is 23.0 Å². The summed E-state index contributed by atoms with van der Waals surface area (Å²) in [6.45, 7) is 1.89. The number of furan rings is 1. The Morgan fingerprint density at radius 1 is 1.23 bits per heavy atom. The van der Waals surface area contributed by atoms with Crippen LogP contribution in [0.4, 0.5) is 0 Å². The second-order valence-electron chi connectivity index (χ2n) is 4.82. The van der Waals surface area contributed by atoms with E-state index in [1.807, 2.05) is 41.9 Å². The van der Waals surface area contributed by atoms with E-state index < -0.39 is 0 Å². The summed E-state index contributed by atoms with van der Waals surface area (Å²) in [6, 6.07) is 3.77. The molecule has 1 aliphatic carbocycles. The van der Waals surface area contributed by atoms with Gasteiger partial charge in [-0.15, -0.1) is 10.2 Å². The molecular weight excluding hydrogens is 282 g/mol. The van der Waals surface area contributed by atoms with Crippen molar-refractivity contribution >= 4 is 5.70 Å². The predicted octanol–water partition coefficient (Wildman–Crippen LogP) is 3.15. The lowest BCUT2D eigenvalue weighted by Gasteiger charge is -2.14. The van der Waals surface area contributed by atoms with Crippen LogP contribution in [0.25, 0.3) is 17.3 Å². The number of ether oxygens (including phenoxy) is 2. The molecule has 0 saturated carbocycles. The molecule has 0 unspecified atom stereocenters. The van der Waals surface area contributed by atoms with Crippen LogP contribution < -0.4 is 0 Å². The fourth-order valence-electron chi connectivity index (χ4n) is 2.34. The highest BCUT2D eigenvalue weighted by Crippen LogP contribution is 2.29. The number of allylic oxidation sites excluding steroid dienone is 4. The van der Waals surface area contributed by atoms with Gasteiger partial charge in [-0.1, -0.05) is 6.08 Å². The summed E-state index contributed by atoms with van der Waals surface area (Å²) in [5, 5.41) is 8.18. The molecule has 0 radical (unpaired) electrons. The number of rotatable bonds is 4. The van der Waals surface area contributed by atoms with Crippen molar-refractivity contribution in [2.75, 3.05) is 14.2 Å². The normalized spacial score (nSPS) is 14.8. The molecule has 6 heteroatoms. The molecule has 0 N–H and O–H groups in total. The second kappa shape index (κ2) is 5.93. The van der Waals surface area contributed by atoms with Gasteiger partial charge in [0, 0.05) is 6.42 Å². The summed E-state index contributed by atoms with van der Waals surface area (Å²) in [6.07, 6.45) is 7.91. The molecule has 0 aromatic carbocycles. The SMILES string of the molecule is COC1=CC=CC(OC)=C(n2cnnc2-c2ccc(C)o2)C1. The maximum Gasteiger partial charge on any atom is 0.204 e. The Labute approximate surface area is 128 Å². The first-order chi connectivity index (χ1) is 10.7. The van der Waals surface area contributed by atoms with E-state index in [1.54, 1.807) is 20.5 Å². The predicted molar refractivity (Wildman–Crippen MR) is 81.5 cm³/mol. The Morgan fingerprint density at radius 3 is 2.77 bits per heavy atom. The number of hydrogen-bond donors (Lipinski definition) is 0. The zero-order valence-corrected chi connectivity index (χ0v) is 12.7. The number of nitrogens with zero attached hydrogens (tertiary/aromatic N) is 3. The minimum atomic E-state index is 0.567. The van der Waals surface area contributed by atoms with Gasteiger partial charge in [0.15, 0.2) is 5.76 Å². The van der Waals surface area contributed by atoms with Crippen molar-refractivity contribution in [1.82, 2.24) is 14.8 Å². The summed E-state index contributed by atoms with van der Waals surface area (Å²) in [5.74, 6) is 3.67. The highest BCUT2D eigenvalue weighted by Gasteiger charge is 2.19. The van der Waals surface area contributed by atoms with Crippen molar-refractivity contribution < 1.29 is 13.9 Å². The maximum atomic E-state index is 5.66. The van der Waals surface area contributed by atoms with Crippen LogP contribution in [0.3, 0.4) is 0 Å². The van der Waals surface area contributed by atoms with E-state index in [9.17, 15) is 0 Å². The minimum Gasteiger partial charge on any atom is -0.501 e. The number of aryl methyl sites for hydroxylation is 1. The van der Waals surface area contributed by atoms with Gasteiger partial charge in [0.2, 0.25) is 5.82 Å². The third kappa shape index (κ3) is 2.55. The minimum absolute atomic E-state index is 0.567. The van der Waals surface area contributed by atoms with Gasteiger partial charge in [-0.3, -0.25) is 4.57 Å². The monoisotopic (exact) mass is 299 g/mol. The highest BCUT2D eigenvalue weighted by atomic mass is 16.5. The molecule has 3 rings (SSSR count). The molecule has 114 valence electrons. The Balaban J connectivity index is 2.10. The number of hydrogen-bond acceptors (Lipinski definition) is 5. The molecule has 2 heterocycles. The van der Waals surface area contributed by atoms with E-state index in [1.165, 1.54) is 0 Å². The van der Waals surface area contributed by atoms with Gasteiger partial charge in [0.05, 0.1) is 19.9 Å². The molecule has 0 aliphatic heterocycles. The molecule has 0 amide bonds. The first-order valence-corrected chi connectivity index (χ1v) is 6.88. The van der Waals surface area contributed by atoms with Gasteiger partial charge in [0.25, 0.3) is 0 Å². The average molecular weight is 299 g/mol. The molecule has 0 spiro atoms. The van der Waals surface area contributed by atoms with E-state index in [4.69, 9.17) is 13.9 Å². The molecule has 1 aliphatic rings. The van der Waals surface area contributed by atoms with Gasteiger partial charge in [-0.05, 0) is 31.2 Å². The molecule has 2 aromatic heterocycles. The fraction of sp³-hybridized carbons (Fsp3) is 0.250. The molecular formula is C16H17N3O3. The smallest absolute Gasteiger partial charge is 0.204 e. The van der Waals surface area contributed by atoms with Crippen molar-refractivity contribution in [3.05, 3.63) is 54.0 Å². The van der Waals surface area contributed by atoms with Crippen LogP contribution in [0.5, 0.6) is 0 Å². The summed E-state index contributed by atoms with van der Waals surface area (Å²) < 4.78 is 18.4. The van der Waals surface area contributed by atoms with Gasteiger partial charge in [-0.2, -0.15) is 0 Å². The van der Waals surface area contributed by atoms with E-state index in [-0.39, 0.29) is 0 Å². The summed E-state index contributed by atoms with van der Waals surface area (Å²) in [7, 11) is 3.29. The zero-order chi connectivity index (χ0) is 15.5. The molecule has 0 saturated heterocycles. The van der Waals surface area contributed by atoms with Crippen LogP contribution in [0, 0.1) is 6.92 Å². The van der Waals surface area contributed by atoms with Crippen LogP contribution in [0.15, 0.2) is 52.6 Å². The van der Waals surface area contributed by atoms with Gasteiger partial charge >= 0.3 is 0 Å². The summed E-state index contributed by atoms with van der Waals surface area (Å²) in [5.41, 5.74) is 0.887. The van der Waals surface area contributed by atoms with Crippen LogP contribution in [-0.2, 0) is 9.47 Å². The van der Waals surface area contributed by atoms with E-state index >= 15 is 0 Å². The third-order valence-corrected chi connectivity index (χ3v) is 3.44. The topological polar surface area (TPSA) is 62.3 Å². The lowest BCUT2D eigenvalue weighted by atomic mass is 10.2. The highest BCUT2D eigenvalue weighted by molar-refractivity contribution is 5.63. The van der Waals surface area contributed by atoms with Crippen LogP contribution >= 0.6 is 0 Å². The summed E-state index contributed by atoms with van der Waals surface area (Å²) in [4.78, 5) is 0. The molecule has 0 fully saturated rings. The average Bonchev–Trinajstić information content (AvgIpc) is 3.11. The maximum absolute atomic E-state index is 5.66.